The third-order valence-electron chi connectivity index (χ3n) is 2.26. The molecule has 0 bridgehead atoms. The molecule has 1 unspecified atom stereocenters. The summed E-state index contributed by atoms with van der Waals surface area (Å²) in [6, 6.07) is 0. The molecule has 0 N–H and O–H groups in total. The maximum atomic E-state index is 12.3. The normalized spacial score (nSPS) is 20.7. The average Bonchev–Trinajstić information content (AvgIpc) is 2.24. The minimum Gasteiger partial charge on any atom is -0.293 e. The molecule has 1 rings (SSSR count). The predicted octanol–water partition coefficient (Wildman–Crippen LogP) is 3.60. The summed E-state index contributed by atoms with van der Waals surface area (Å²) in [6.07, 6.45) is 4.88. The van der Waals surface area contributed by atoms with Crippen molar-refractivity contribution in [2.45, 2.75) is 13.3 Å². The Morgan fingerprint density at radius 1 is 1.76 bits per heavy atom. The molecule has 0 saturated carbocycles. The van der Waals surface area contributed by atoms with Gasteiger partial charge in [-0.25, -0.2) is 4.99 Å². The lowest BCUT2D eigenvalue weighted by Crippen LogP contribution is -2.18. The summed E-state index contributed by atoms with van der Waals surface area (Å²) in [5.41, 5.74) is 1.17. The highest BCUT2D eigenvalue weighted by molar-refractivity contribution is 8.09. The van der Waals surface area contributed by atoms with E-state index in [2.05, 4.69) is 23.7 Å². The van der Waals surface area contributed by atoms with Gasteiger partial charge in [-0.15, -0.1) is 5.10 Å². The molecule has 17 heavy (non-hydrogen) atoms. The smallest absolute Gasteiger partial charge is 0.238 e. The van der Waals surface area contributed by atoms with E-state index in [1.807, 2.05) is 12.2 Å². The highest BCUT2D eigenvalue weighted by Gasteiger charge is 2.12. The van der Waals surface area contributed by atoms with Crippen molar-refractivity contribution in [1.29, 1.82) is 0 Å². The largest absolute Gasteiger partial charge is 0.293 e. The van der Waals surface area contributed by atoms with Crippen LogP contribution >= 0.6 is 23.7 Å². The molecular formula is C11H15ClFN3S. The molecule has 0 aliphatic heterocycles. The van der Waals surface area contributed by atoms with Gasteiger partial charge in [0.05, 0.1) is 6.54 Å². The summed E-state index contributed by atoms with van der Waals surface area (Å²) in [5.74, 6) is 0.424. The molecule has 3 nitrogen and oxygen atoms in total. The van der Waals surface area contributed by atoms with Crippen LogP contribution in [0.4, 0.5) is 3.89 Å². The van der Waals surface area contributed by atoms with Crippen LogP contribution in [0.1, 0.15) is 13.3 Å². The molecule has 0 aromatic carbocycles. The van der Waals surface area contributed by atoms with Crippen LogP contribution < -0.4 is 0 Å². The lowest BCUT2D eigenvalue weighted by Gasteiger charge is -2.20. The van der Waals surface area contributed by atoms with Crippen LogP contribution in [0.3, 0.4) is 0 Å². The van der Waals surface area contributed by atoms with Gasteiger partial charge in [0.2, 0.25) is 5.17 Å². The Bertz CT molecular complexity index is 379. The van der Waals surface area contributed by atoms with E-state index in [0.29, 0.717) is 12.5 Å². The van der Waals surface area contributed by atoms with E-state index in [1.165, 1.54) is 5.57 Å². The second-order valence-corrected chi connectivity index (χ2v) is 4.93. The van der Waals surface area contributed by atoms with E-state index in [4.69, 9.17) is 11.6 Å². The number of halogens is 2. The number of rotatable bonds is 3. The standard InChI is InChI=1S/C11H15ClFN3S/c1-8-4-9(6-10(12)5-8)7-16(3)15-11(14-2)17-13/h5-6,8H,2,4,7H2,1,3H3/b15-11+. The van der Waals surface area contributed by atoms with E-state index < -0.39 is 0 Å². The first-order chi connectivity index (χ1) is 8.05. The van der Waals surface area contributed by atoms with Gasteiger partial charge in [0, 0.05) is 12.1 Å². The molecule has 0 fully saturated rings. The Kier molecular flexibility index (Phi) is 5.71. The SMILES string of the molecule is C=N/C(=N\N(C)CC1=CC(Cl)=CC(C)C1)SF. The van der Waals surface area contributed by atoms with Gasteiger partial charge in [-0.3, -0.25) is 5.01 Å². The number of hydrogen-bond acceptors (Lipinski definition) is 3. The monoisotopic (exact) mass is 275 g/mol. The summed E-state index contributed by atoms with van der Waals surface area (Å²) in [7, 11) is 1.76. The molecule has 6 heteroatoms. The molecule has 0 radical (unpaired) electrons. The van der Waals surface area contributed by atoms with Gasteiger partial charge in [-0.1, -0.05) is 24.6 Å². The molecule has 0 aromatic rings. The third kappa shape index (κ3) is 4.91. The van der Waals surface area contributed by atoms with E-state index >= 15 is 0 Å². The molecule has 1 aliphatic carbocycles. The summed E-state index contributed by atoms with van der Waals surface area (Å²) in [6.45, 7) is 5.95. The van der Waals surface area contributed by atoms with Gasteiger partial charge in [-0.05, 0) is 30.7 Å². The Labute approximate surface area is 110 Å². The summed E-state index contributed by atoms with van der Waals surface area (Å²) < 4.78 is 12.3. The molecular weight excluding hydrogens is 261 g/mol. The van der Waals surface area contributed by atoms with Crippen molar-refractivity contribution in [3.05, 3.63) is 22.8 Å². The number of hydrogen-bond donors (Lipinski definition) is 0. The zero-order chi connectivity index (χ0) is 12.8. The van der Waals surface area contributed by atoms with Crippen LogP contribution in [-0.4, -0.2) is 30.5 Å². The molecule has 1 aliphatic rings. The maximum absolute atomic E-state index is 12.3. The van der Waals surface area contributed by atoms with Gasteiger partial charge in [-0.2, -0.15) is 3.89 Å². The van der Waals surface area contributed by atoms with Crippen LogP contribution in [0.2, 0.25) is 0 Å². The van der Waals surface area contributed by atoms with Gasteiger partial charge in [0.1, 0.15) is 12.1 Å². The number of amidine groups is 1. The first kappa shape index (κ1) is 14.3. The Morgan fingerprint density at radius 3 is 3.00 bits per heavy atom. The first-order valence-electron chi connectivity index (χ1n) is 5.17. The van der Waals surface area contributed by atoms with Crippen molar-refractivity contribution in [2.75, 3.05) is 13.6 Å². The van der Waals surface area contributed by atoms with Gasteiger partial charge < -0.3 is 0 Å². The van der Waals surface area contributed by atoms with E-state index in [0.717, 1.165) is 11.5 Å². The van der Waals surface area contributed by atoms with Crippen LogP contribution in [0.15, 0.2) is 32.9 Å². The molecule has 0 amide bonds. The number of aliphatic imine (C=N–C) groups is 1. The second kappa shape index (κ2) is 6.81. The zero-order valence-electron chi connectivity index (χ0n) is 9.86. The zero-order valence-corrected chi connectivity index (χ0v) is 11.4. The van der Waals surface area contributed by atoms with Crippen LogP contribution in [0.5, 0.6) is 0 Å². The molecule has 0 aromatic heterocycles. The lowest BCUT2D eigenvalue weighted by atomic mass is 9.96. The van der Waals surface area contributed by atoms with Crippen molar-refractivity contribution in [1.82, 2.24) is 5.01 Å². The predicted molar refractivity (Wildman–Crippen MR) is 74.1 cm³/mol. The molecule has 1 atom stereocenters. The lowest BCUT2D eigenvalue weighted by molar-refractivity contribution is 0.378. The highest BCUT2D eigenvalue weighted by Crippen LogP contribution is 2.25. The highest BCUT2D eigenvalue weighted by atomic mass is 35.5. The van der Waals surface area contributed by atoms with Crippen molar-refractivity contribution in [2.24, 2.45) is 16.0 Å². The second-order valence-electron chi connectivity index (χ2n) is 3.97. The van der Waals surface area contributed by atoms with Crippen molar-refractivity contribution >= 4 is 35.6 Å². The minimum absolute atomic E-state index is 0.0126. The Hall–Kier alpha value is -0.810. The summed E-state index contributed by atoms with van der Waals surface area (Å²) >= 11 is 5.97. The van der Waals surface area contributed by atoms with Crippen LogP contribution in [0.25, 0.3) is 0 Å². The van der Waals surface area contributed by atoms with Gasteiger partial charge >= 0.3 is 0 Å². The number of hydrazone groups is 1. The minimum atomic E-state index is -0.0164. The van der Waals surface area contributed by atoms with Crippen molar-refractivity contribution < 1.29 is 3.89 Å². The summed E-state index contributed by atoms with van der Waals surface area (Å²) in [4.78, 5) is 3.46. The van der Waals surface area contributed by atoms with Gasteiger partial charge in [0.15, 0.2) is 0 Å². The van der Waals surface area contributed by atoms with Crippen LogP contribution in [-0.2, 0) is 0 Å². The summed E-state index contributed by atoms with van der Waals surface area (Å²) in [5, 5.41) is 6.35. The third-order valence-corrected chi connectivity index (χ3v) is 2.85. The van der Waals surface area contributed by atoms with Crippen molar-refractivity contribution in [3.8, 4) is 0 Å². The molecule has 0 spiro atoms. The molecule has 0 saturated heterocycles. The van der Waals surface area contributed by atoms with E-state index in [1.54, 1.807) is 12.1 Å². The Morgan fingerprint density at radius 2 is 2.47 bits per heavy atom. The van der Waals surface area contributed by atoms with Gasteiger partial charge in [0.25, 0.3) is 0 Å². The quantitative estimate of drug-likeness (QED) is 0.447. The fourth-order valence-electron chi connectivity index (χ4n) is 1.70. The van der Waals surface area contributed by atoms with E-state index in [-0.39, 0.29) is 17.3 Å². The fraction of sp³-hybridized carbons (Fsp3) is 0.455. The number of likely N-dealkylation sites (N-methyl/N-ethyl adjacent to an activating group) is 1. The molecule has 94 valence electrons. The maximum Gasteiger partial charge on any atom is 0.238 e. The fourth-order valence-corrected chi connectivity index (χ4v) is 2.29. The molecule has 0 heterocycles. The van der Waals surface area contributed by atoms with Crippen molar-refractivity contribution in [3.63, 3.8) is 0 Å². The topological polar surface area (TPSA) is 28.0 Å². The number of allylic oxidation sites excluding steroid dienone is 3. The Balaban J connectivity index is 2.63. The average molecular weight is 276 g/mol. The number of nitrogens with zero attached hydrogens (tertiary/aromatic N) is 3. The van der Waals surface area contributed by atoms with Crippen LogP contribution in [0, 0.1) is 5.92 Å². The van der Waals surface area contributed by atoms with E-state index in [9.17, 15) is 3.89 Å². The first-order valence-corrected chi connectivity index (χ1v) is 6.26.